The van der Waals surface area contributed by atoms with Crippen LogP contribution in [-0.4, -0.2) is 45.6 Å². The lowest BCUT2D eigenvalue weighted by Crippen LogP contribution is -2.65. The third kappa shape index (κ3) is 5.24. The molecular formula is C11H24ClNO4Si. The van der Waals surface area contributed by atoms with Gasteiger partial charge in [0, 0.05) is 26.7 Å². The normalized spacial score (nSPS) is 15.2. The van der Waals surface area contributed by atoms with Gasteiger partial charge >= 0.3 is 8.80 Å². The van der Waals surface area contributed by atoms with E-state index in [1.165, 1.54) is 6.92 Å². The zero-order valence-corrected chi connectivity index (χ0v) is 13.5. The van der Waals surface area contributed by atoms with Crippen LogP contribution in [0.1, 0.15) is 34.6 Å². The van der Waals surface area contributed by atoms with Crippen molar-refractivity contribution in [1.29, 1.82) is 0 Å². The molecule has 2 atom stereocenters. The Balaban J connectivity index is 5.20. The van der Waals surface area contributed by atoms with Gasteiger partial charge in [0.05, 0.1) is 5.38 Å². The van der Waals surface area contributed by atoms with Crippen molar-refractivity contribution in [3.63, 3.8) is 0 Å². The Labute approximate surface area is 115 Å². The van der Waals surface area contributed by atoms with E-state index in [1.54, 1.807) is 6.92 Å². The van der Waals surface area contributed by atoms with E-state index in [2.05, 4.69) is 5.32 Å². The number of nitrogens with one attached hydrogen (secondary N) is 1. The summed E-state index contributed by atoms with van der Waals surface area (Å²) in [5, 5.41) is 2.45. The Morgan fingerprint density at radius 1 is 1.17 bits per heavy atom. The highest BCUT2D eigenvalue weighted by molar-refractivity contribution is 6.64. The molecule has 1 amide bonds. The number of carbonyl (C=O) groups excluding carboxylic acids is 1. The van der Waals surface area contributed by atoms with Crippen molar-refractivity contribution in [2.75, 3.05) is 19.8 Å². The van der Waals surface area contributed by atoms with Crippen molar-refractivity contribution in [3.05, 3.63) is 0 Å². The molecule has 0 bridgehead atoms. The summed E-state index contributed by atoms with van der Waals surface area (Å²) in [6.07, 6.45) is 0. The first-order valence-corrected chi connectivity index (χ1v) is 8.50. The first kappa shape index (κ1) is 17.9. The highest BCUT2D eigenvalue weighted by atomic mass is 35.5. The summed E-state index contributed by atoms with van der Waals surface area (Å²) < 4.78 is 17.2. The average molecular weight is 298 g/mol. The summed E-state index contributed by atoms with van der Waals surface area (Å²) in [6, 6.07) is 0. The van der Waals surface area contributed by atoms with Gasteiger partial charge in [0.2, 0.25) is 5.91 Å². The molecule has 108 valence electrons. The second kappa shape index (κ2) is 8.87. The van der Waals surface area contributed by atoms with Gasteiger partial charge in [-0.2, -0.15) is 0 Å². The number of hydrogen-bond acceptors (Lipinski definition) is 4. The molecule has 1 N–H and O–H groups in total. The minimum Gasteiger partial charge on any atom is -0.373 e. The highest BCUT2D eigenvalue weighted by Gasteiger charge is 2.52. The predicted molar refractivity (Wildman–Crippen MR) is 73.6 cm³/mol. The molecule has 0 aromatic rings. The zero-order valence-electron chi connectivity index (χ0n) is 11.8. The standard InChI is InChI=1S/C11H24ClNO4Si/c1-6-15-18(16-7-2,17-8-3)11(9(4)12)13-10(5)14/h9,11H,6-8H2,1-5H3,(H,13,14). The van der Waals surface area contributed by atoms with Crippen molar-refractivity contribution in [2.45, 2.75) is 45.7 Å². The largest absolute Gasteiger partial charge is 0.526 e. The fourth-order valence-electron chi connectivity index (χ4n) is 1.70. The zero-order chi connectivity index (χ0) is 14.2. The number of alkyl halides is 1. The van der Waals surface area contributed by atoms with Crippen LogP contribution in [0.2, 0.25) is 0 Å². The molecule has 18 heavy (non-hydrogen) atoms. The smallest absolute Gasteiger partial charge is 0.373 e. The van der Waals surface area contributed by atoms with Gasteiger partial charge in [-0.3, -0.25) is 4.79 Å². The van der Waals surface area contributed by atoms with Crippen LogP contribution in [0.5, 0.6) is 0 Å². The van der Waals surface area contributed by atoms with E-state index in [0.717, 1.165) is 0 Å². The number of rotatable bonds is 9. The summed E-state index contributed by atoms with van der Waals surface area (Å²) >= 11 is 6.16. The SMILES string of the molecule is CCO[Si](OCC)(OCC)C(NC(C)=O)C(C)Cl. The summed E-state index contributed by atoms with van der Waals surface area (Å²) in [7, 11) is -3.01. The van der Waals surface area contributed by atoms with Gasteiger partial charge < -0.3 is 18.6 Å². The van der Waals surface area contributed by atoms with Gasteiger partial charge in [-0.15, -0.1) is 11.6 Å². The van der Waals surface area contributed by atoms with Crippen LogP contribution in [0.3, 0.4) is 0 Å². The number of hydrogen-bond donors (Lipinski definition) is 1. The molecule has 0 fully saturated rings. The maximum Gasteiger partial charge on any atom is 0.526 e. The van der Waals surface area contributed by atoms with E-state index in [1.807, 2.05) is 20.8 Å². The topological polar surface area (TPSA) is 56.8 Å². The third-order valence-electron chi connectivity index (χ3n) is 2.24. The second-order valence-corrected chi connectivity index (χ2v) is 7.14. The molecule has 0 spiro atoms. The lowest BCUT2D eigenvalue weighted by atomic mass is 10.4. The summed E-state index contributed by atoms with van der Waals surface area (Å²) in [4.78, 5) is 11.3. The Bertz CT molecular complexity index is 236. The van der Waals surface area contributed by atoms with Gasteiger partial charge in [0.1, 0.15) is 5.67 Å². The first-order chi connectivity index (χ1) is 8.43. The van der Waals surface area contributed by atoms with E-state index in [4.69, 9.17) is 24.9 Å². The van der Waals surface area contributed by atoms with Crippen LogP contribution in [0.15, 0.2) is 0 Å². The molecule has 0 heterocycles. The Hall–Kier alpha value is -0.143. The Morgan fingerprint density at radius 3 is 1.78 bits per heavy atom. The first-order valence-electron chi connectivity index (χ1n) is 6.26. The quantitative estimate of drug-likeness (QED) is 0.520. The van der Waals surface area contributed by atoms with Gasteiger partial charge in [0.15, 0.2) is 0 Å². The maximum absolute atomic E-state index is 11.3. The minimum absolute atomic E-state index is 0.177. The molecule has 0 radical (unpaired) electrons. The fraction of sp³-hybridized carbons (Fsp3) is 0.909. The molecule has 0 rings (SSSR count). The van der Waals surface area contributed by atoms with Crippen molar-refractivity contribution in [2.24, 2.45) is 0 Å². The fourth-order valence-corrected chi connectivity index (χ4v) is 5.17. The van der Waals surface area contributed by atoms with E-state index in [-0.39, 0.29) is 11.3 Å². The molecule has 0 aliphatic carbocycles. The van der Waals surface area contributed by atoms with E-state index in [9.17, 15) is 4.79 Å². The average Bonchev–Trinajstić information content (AvgIpc) is 2.26. The van der Waals surface area contributed by atoms with Crippen molar-refractivity contribution < 1.29 is 18.1 Å². The van der Waals surface area contributed by atoms with Gasteiger partial charge in [0.25, 0.3) is 0 Å². The molecule has 0 saturated heterocycles. The Morgan fingerprint density at radius 2 is 1.56 bits per heavy atom. The third-order valence-corrected chi connectivity index (χ3v) is 6.18. The lowest BCUT2D eigenvalue weighted by molar-refractivity contribution is -0.119. The summed E-state index contributed by atoms with van der Waals surface area (Å²) in [5.41, 5.74) is -0.448. The van der Waals surface area contributed by atoms with Crippen LogP contribution >= 0.6 is 11.6 Å². The van der Waals surface area contributed by atoms with E-state index in [0.29, 0.717) is 19.8 Å². The maximum atomic E-state index is 11.3. The predicted octanol–water partition coefficient (Wildman–Crippen LogP) is 1.71. The molecule has 0 aromatic heterocycles. The number of carbonyl (C=O) groups is 1. The summed E-state index contributed by atoms with van der Waals surface area (Å²) in [6.45, 7) is 10.2. The van der Waals surface area contributed by atoms with Crippen LogP contribution in [-0.2, 0) is 18.1 Å². The van der Waals surface area contributed by atoms with Crippen molar-refractivity contribution >= 4 is 26.3 Å². The van der Waals surface area contributed by atoms with Gasteiger partial charge in [-0.25, -0.2) is 0 Å². The van der Waals surface area contributed by atoms with E-state index >= 15 is 0 Å². The number of amides is 1. The van der Waals surface area contributed by atoms with Crippen LogP contribution in [0.4, 0.5) is 0 Å². The van der Waals surface area contributed by atoms with Crippen molar-refractivity contribution in [3.8, 4) is 0 Å². The van der Waals surface area contributed by atoms with E-state index < -0.39 is 14.5 Å². The molecule has 0 aliphatic heterocycles. The highest BCUT2D eigenvalue weighted by Crippen LogP contribution is 2.20. The monoisotopic (exact) mass is 297 g/mol. The lowest BCUT2D eigenvalue weighted by Gasteiger charge is -2.36. The Kier molecular flexibility index (Phi) is 8.80. The molecule has 5 nitrogen and oxygen atoms in total. The molecule has 0 aromatic carbocycles. The molecular weight excluding hydrogens is 274 g/mol. The van der Waals surface area contributed by atoms with Crippen LogP contribution < -0.4 is 5.32 Å². The van der Waals surface area contributed by atoms with Crippen LogP contribution in [0.25, 0.3) is 0 Å². The second-order valence-electron chi connectivity index (χ2n) is 3.76. The molecule has 7 heteroatoms. The molecule has 0 saturated carbocycles. The number of halogens is 1. The molecule has 2 unspecified atom stereocenters. The molecule has 0 aliphatic rings. The van der Waals surface area contributed by atoms with Crippen molar-refractivity contribution in [1.82, 2.24) is 5.32 Å². The minimum atomic E-state index is -3.01. The van der Waals surface area contributed by atoms with Gasteiger partial charge in [-0.05, 0) is 27.7 Å². The van der Waals surface area contributed by atoms with Crippen LogP contribution in [0, 0.1) is 0 Å². The van der Waals surface area contributed by atoms with Gasteiger partial charge in [-0.1, -0.05) is 0 Å². The summed E-state index contributed by atoms with van der Waals surface area (Å²) in [5.74, 6) is -0.177.